The largest absolute Gasteiger partial charge is 0.436 e. The van der Waals surface area contributed by atoms with E-state index >= 15 is 0 Å². The topological polar surface area (TPSA) is 80.9 Å². The van der Waals surface area contributed by atoms with Crippen molar-refractivity contribution in [2.24, 2.45) is 0 Å². The minimum absolute atomic E-state index is 0.219. The first-order valence-electron chi connectivity index (χ1n) is 8.36. The fraction of sp³-hybridized carbons (Fsp3) is 0. The number of carbonyl (C=O) groups is 1. The van der Waals surface area contributed by atoms with Crippen LogP contribution in [-0.4, -0.2) is 19.6 Å². The molecule has 3 aromatic carbocycles. The van der Waals surface area contributed by atoms with Crippen LogP contribution in [-0.2, 0) is 0 Å². The third kappa shape index (κ3) is 3.06. The Morgan fingerprint density at radius 1 is 0.964 bits per heavy atom. The lowest BCUT2D eigenvalue weighted by Gasteiger charge is -2.04. The fourth-order valence-corrected chi connectivity index (χ4v) is 3.85. The highest BCUT2D eigenvalue weighted by Crippen LogP contribution is 2.31. The van der Waals surface area contributed by atoms with Gasteiger partial charge in [-0.25, -0.2) is 4.98 Å². The van der Waals surface area contributed by atoms with Crippen molar-refractivity contribution >= 4 is 61.4 Å². The van der Waals surface area contributed by atoms with E-state index in [-0.39, 0.29) is 5.91 Å². The first kappa shape index (κ1) is 17.0. The van der Waals surface area contributed by atoms with Crippen molar-refractivity contribution in [3.63, 3.8) is 0 Å². The number of carbonyl (C=O) groups excluding carboxylic acids is 1. The summed E-state index contributed by atoms with van der Waals surface area (Å²) in [5.74, 6) is 0.302. The highest BCUT2D eigenvalue weighted by molar-refractivity contribution is 9.10. The van der Waals surface area contributed by atoms with Crippen LogP contribution in [0.3, 0.4) is 0 Å². The first-order valence-corrected chi connectivity index (χ1v) is 9.89. The van der Waals surface area contributed by atoms with Gasteiger partial charge in [-0.05, 0) is 64.5 Å². The average Bonchev–Trinajstić information content (AvgIpc) is 3.34. The number of hydrogen-bond acceptors (Lipinski definition) is 6. The van der Waals surface area contributed by atoms with E-state index in [1.165, 1.54) is 0 Å². The molecule has 0 saturated carbocycles. The van der Waals surface area contributed by atoms with E-state index in [0.29, 0.717) is 33.8 Å². The van der Waals surface area contributed by atoms with Crippen LogP contribution in [0.1, 0.15) is 10.4 Å². The number of nitrogens with one attached hydrogen (secondary N) is 1. The minimum Gasteiger partial charge on any atom is -0.436 e. The smallest absolute Gasteiger partial charge is 0.255 e. The highest BCUT2D eigenvalue weighted by Gasteiger charge is 2.13. The number of nitrogens with zero attached hydrogens (tertiary/aromatic N) is 3. The van der Waals surface area contributed by atoms with Gasteiger partial charge in [0.15, 0.2) is 5.58 Å². The molecule has 5 aromatic rings. The van der Waals surface area contributed by atoms with Gasteiger partial charge in [0.2, 0.25) is 5.89 Å². The van der Waals surface area contributed by atoms with Gasteiger partial charge < -0.3 is 9.73 Å². The third-order valence-corrected chi connectivity index (χ3v) is 5.51. The Morgan fingerprint density at radius 2 is 1.82 bits per heavy atom. The van der Waals surface area contributed by atoms with Crippen molar-refractivity contribution in [1.82, 2.24) is 13.7 Å². The molecule has 2 aromatic heterocycles. The molecular formula is C20H11BrN4O2S. The molecule has 6 nitrogen and oxygen atoms in total. The zero-order valence-corrected chi connectivity index (χ0v) is 16.6. The van der Waals surface area contributed by atoms with Crippen LogP contribution in [0.15, 0.2) is 69.6 Å². The maximum atomic E-state index is 12.6. The van der Waals surface area contributed by atoms with Crippen molar-refractivity contribution in [3.05, 3.63) is 70.7 Å². The summed E-state index contributed by atoms with van der Waals surface area (Å²) in [6.07, 6.45) is 0. The van der Waals surface area contributed by atoms with Crippen LogP contribution in [0.2, 0.25) is 0 Å². The Kier molecular flexibility index (Phi) is 4.14. The van der Waals surface area contributed by atoms with Crippen molar-refractivity contribution in [1.29, 1.82) is 0 Å². The molecule has 0 atom stereocenters. The minimum atomic E-state index is -0.219. The Hall–Kier alpha value is -3.10. The maximum absolute atomic E-state index is 12.6. The second-order valence-electron chi connectivity index (χ2n) is 6.10. The van der Waals surface area contributed by atoms with Gasteiger partial charge in [0, 0.05) is 15.7 Å². The lowest BCUT2D eigenvalue weighted by atomic mass is 10.2. The van der Waals surface area contributed by atoms with Gasteiger partial charge in [-0.1, -0.05) is 12.1 Å². The fourth-order valence-electron chi connectivity index (χ4n) is 2.88. The van der Waals surface area contributed by atoms with E-state index in [2.05, 4.69) is 35.0 Å². The lowest BCUT2D eigenvalue weighted by Crippen LogP contribution is -2.11. The number of halogens is 1. The Morgan fingerprint density at radius 3 is 2.71 bits per heavy atom. The molecular weight excluding hydrogens is 440 g/mol. The predicted octanol–water partition coefficient (Wildman–Crippen LogP) is 5.51. The quantitative estimate of drug-likeness (QED) is 0.391. The molecule has 0 fully saturated rings. The van der Waals surface area contributed by atoms with Crippen LogP contribution in [0.25, 0.3) is 33.6 Å². The number of benzene rings is 3. The molecule has 136 valence electrons. The van der Waals surface area contributed by atoms with Gasteiger partial charge in [-0.2, -0.15) is 8.75 Å². The number of oxazole rings is 1. The Balaban J connectivity index is 1.44. The lowest BCUT2D eigenvalue weighted by molar-refractivity contribution is 0.102. The molecule has 0 aliphatic carbocycles. The van der Waals surface area contributed by atoms with Crippen LogP contribution < -0.4 is 5.32 Å². The number of rotatable bonds is 3. The molecule has 0 radical (unpaired) electrons. The summed E-state index contributed by atoms with van der Waals surface area (Å²) in [5.41, 5.74) is 4.85. The van der Waals surface area contributed by atoms with Crippen molar-refractivity contribution in [2.45, 2.75) is 0 Å². The summed E-state index contributed by atoms with van der Waals surface area (Å²) in [6.45, 7) is 0. The van der Waals surface area contributed by atoms with Crippen LogP contribution >= 0.6 is 27.7 Å². The predicted molar refractivity (Wildman–Crippen MR) is 113 cm³/mol. The first-order chi connectivity index (χ1) is 13.7. The summed E-state index contributed by atoms with van der Waals surface area (Å²) in [7, 11) is 0. The second-order valence-corrected chi connectivity index (χ2v) is 7.49. The van der Waals surface area contributed by atoms with Crippen LogP contribution in [0.4, 0.5) is 5.69 Å². The SMILES string of the molecule is O=C(Nc1ccc2oc(-c3ccccc3Br)nc2c1)c1ccc2nsnc2c1. The van der Waals surface area contributed by atoms with Crippen molar-refractivity contribution < 1.29 is 9.21 Å². The normalized spacial score (nSPS) is 11.2. The number of anilines is 1. The van der Waals surface area contributed by atoms with E-state index in [1.54, 1.807) is 36.4 Å². The van der Waals surface area contributed by atoms with E-state index in [4.69, 9.17) is 4.42 Å². The Bertz CT molecular complexity index is 1340. The summed E-state index contributed by atoms with van der Waals surface area (Å²) < 4.78 is 15.1. The summed E-state index contributed by atoms with van der Waals surface area (Å²) in [5, 5.41) is 2.89. The van der Waals surface area contributed by atoms with Crippen molar-refractivity contribution in [3.8, 4) is 11.5 Å². The molecule has 28 heavy (non-hydrogen) atoms. The Labute approximate surface area is 171 Å². The molecule has 0 spiro atoms. The molecule has 1 amide bonds. The zero-order valence-electron chi connectivity index (χ0n) is 14.2. The standard InChI is InChI=1S/C20H11BrN4O2S/c21-14-4-2-1-3-13(14)20-23-17-10-12(6-8-18(17)27-20)22-19(26)11-5-7-15-16(9-11)25-28-24-15/h1-10H,(H,22,26). The van der Waals surface area contributed by atoms with Gasteiger partial charge in [0.25, 0.3) is 5.91 Å². The van der Waals surface area contributed by atoms with E-state index < -0.39 is 0 Å². The highest BCUT2D eigenvalue weighted by atomic mass is 79.9. The number of fused-ring (bicyclic) bond motifs is 2. The molecule has 0 bridgehead atoms. The van der Waals surface area contributed by atoms with Gasteiger partial charge >= 0.3 is 0 Å². The molecule has 2 heterocycles. The zero-order chi connectivity index (χ0) is 19.1. The van der Waals surface area contributed by atoms with Gasteiger partial charge in [0.1, 0.15) is 16.6 Å². The summed E-state index contributed by atoms with van der Waals surface area (Å²) in [6, 6.07) is 18.4. The molecule has 0 unspecified atom stereocenters. The number of aromatic nitrogens is 3. The molecule has 0 aliphatic rings. The van der Waals surface area contributed by atoms with E-state index in [0.717, 1.165) is 27.3 Å². The van der Waals surface area contributed by atoms with E-state index in [1.807, 2.05) is 24.3 Å². The molecule has 5 rings (SSSR count). The van der Waals surface area contributed by atoms with Crippen molar-refractivity contribution in [2.75, 3.05) is 5.32 Å². The van der Waals surface area contributed by atoms with Gasteiger partial charge in [0.05, 0.1) is 17.3 Å². The summed E-state index contributed by atoms with van der Waals surface area (Å²) >= 11 is 4.64. The molecule has 8 heteroatoms. The van der Waals surface area contributed by atoms with E-state index in [9.17, 15) is 4.79 Å². The number of amides is 1. The van der Waals surface area contributed by atoms with Crippen LogP contribution in [0, 0.1) is 0 Å². The van der Waals surface area contributed by atoms with Gasteiger partial charge in [-0.3, -0.25) is 4.79 Å². The molecule has 0 aliphatic heterocycles. The monoisotopic (exact) mass is 450 g/mol. The molecule has 0 saturated heterocycles. The van der Waals surface area contributed by atoms with Crippen LogP contribution in [0.5, 0.6) is 0 Å². The van der Waals surface area contributed by atoms with Gasteiger partial charge in [-0.15, -0.1) is 0 Å². The maximum Gasteiger partial charge on any atom is 0.255 e. The summed E-state index contributed by atoms with van der Waals surface area (Å²) in [4.78, 5) is 17.1. The second kappa shape index (κ2) is 6.81. The molecule has 1 N–H and O–H groups in total. The third-order valence-electron chi connectivity index (χ3n) is 4.27. The average molecular weight is 451 g/mol. The number of hydrogen-bond donors (Lipinski definition) is 1.